The number of esters is 1. The van der Waals surface area contributed by atoms with Gasteiger partial charge in [-0.1, -0.05) is 50.8 Å². The minimum absolute atomic E-state index is 0.0954. The summed E-state index contributed by atoms with van der Waals surface area (Å²) in [6.07, 6.45) is 4.89. The Morgan fingerprint density at radius 2 is 1.72 bits per heavy atom. The Labute approximate surface area is 192 Å². The minimum atomic E-state index is -0.304. The van der Waals surface area contributed by atoms with Crippen LogP contribution < -0.4 is 9.47 Å². The van der Waals surface area contributed by atoms with Gasteiger partial charge in [0.15, 0.2) is 11.5 Å². The van der Waals surface area contributed by atoms with Gasteiger partial charge in [-0.2, -0.15) is 0 Å². The van der Waals surface area contributed by atoms with E-state index in [1.54, 1.807) is 7.11 Å². The summed E-state index contributed by atoms with van der Waals surface area (Å²) >= 11 is 0. The van der Waals surface area contributed by atoms with Crippen LogP contribution in [0.15, 0.2) is 42.5 Å². The van der Waals surface area contributed by atoms with E-state index in [0.29, 0.717) is 11.5 Å². The maximum Gasteiger partial charge on any atom is 0.307 e. The van der Waals surface area contributed by atoms with E-state index in [2.05, 4.69) is 44.7 Å². The van der Waals surface area contributed by atoms with Gasteiger partial charge in [-0.25, -0.2) is 0 Å². The molecule has 4 nitrogen and oxygen atoms in total. The fourth-order valence-electron chi connectivity index (χ4n) is 3.91. The van der Waals surface area contributed by atoms with E-state index in [-0.39, 0.29) is 29.8 Å². The van der Waals surface area contributed by atoms with Crippen LogP contribution in [0.2, 0.25) is 0 Å². The van der Waals surface area contributed by atoms with E-state index >= 15 is 0 Å². The summed E-state index contributed by atoms with van der Waals surface area (Å²) in [5, 5.41) is 0. The Bertz CT molecular complexity index is 967. The summed E-state index contributed by atoms with van der Waals surface area (Å²) in [5.41, 5.74) is 3.20. The molecule has 1 aliphatic carbocycles. The van der Waals surface area contributed by atoms with Crippen molar-refractivity contribution in [3.63, 3.8) is 0 Å². The van der Waals surface area contributed by atoms with Gasteiger partial charge in [-0.05, 0) is 66.5 Å². The molecule has 1 fully saturated rings. The smallest absolute Gasteiger partial charge is 0.307 e. The average Bonchev–Trinajstić information content (AvgIpc) is 3.29. The van der Waals surface area contributed by atoms with E-state index in [9.17, 15) is 4.79 Å². The first kappa shape index (κ1) is 23.7. The van der Waals surface area contributed by atoms with Crippen molar-refractivity contribution in [1.82, 2.24) is 0 Å². The fourth-order valence-corrected chi connectivity index (χ4v) is 3.91. The van der Waals surface area contributed by atoms with Crippen molar-refractivity contribution >= 4 is 5.97 Å². The standard InChI is InChI=1S/C28H34O4/c1-28(2,3)23-15-11-20(12-16-23)10-13-22(19-27(29)31-5)21-14-17-25(30-4)26(18-21)32-24-8-6-7-9-24/h11-12,14-18,22,24H,6-9,19H2,1-5H3. The molecular weight excluding hydrogens is 400 g/mol. The Hall–Kier alpha value is -2.93. The van der Waals surface area contributed by atoms with Gasteiger partial charge in [-0.3, -0.25) is 4.79 Å². The number of carbonyl (C=O) groups excluding carboxylic acids is 1. The van der Waals surface area contributed by atoms with E-state index in [4.69, 9.17) is 14.2 Å². The Morgan fingerprint density at radius 1 is 1.03 bits per heavy atom. The van der Waals surface area contributed by atoms with Crippen LogP contribution in [0.4, 0.5) is 0 Å². The van der Waals surface area contributed by atoms with Crippen LogP contribution in [-0.2, 0) is 14.9 Å². The van der Waals surface area contributed by atoms with Crippen LogP contribution in [0.1, 0.15) is 75.5 Å². The molecular formula is C28H34O4. The topological polar surface area (TPSA) is 44.8 Å². The van der Waals surface area contributed by atoms with Crippen molar-refractivity contribution in [1.29, 1.82) is 0 Å². The van der Waals surface area contributed by atoms with E-state index in [1.807, 2.05) is 30.3 Å². The quantitative estimate of drug-likeness (QED) is 0.412. The number of benzene rings is 2. The molecule has 0 heterocycles. The van der Waals surface area contributed by atoms with Crippen LogP contribution in [0, 0.1) is 11.8 Å². The molecule has 0 bridgehead atoms. The molecule has 32 heavy (non-hydrogen) atoms. The first-order valence-corrected chi connectivity index (χ1v) is 11.3. The molecule has 0 radical (unpaired) electrons. The lowest BCUT2D eigenvalue weighted by atomic mass is 9.87. The third-order valence-corrected chi connectivity index (χ3v) is 5.93. The SMILES string of the molecule is COC(=O)CC(C#Cc1ccc(C(C)(C)C)cc1)c1ccc(OC)c(OC2CCCC2)c1. The molecule has 1 saturated carbocycles. The highest BCUT2D eigenvalue weighted by Crippen LogP contribution is 2.35. The van der Waals surface area contributed by atoms with Gasteiger partial charge in [0.1, 0.15) is 0 Å². The molecule has 0 saturated heterocycles. The molecule has 2 aromatic rings. The summed E-state index contributed by atoms with van der Waals surface area (Å²) in [5.74, 6) is 7.34. The first-order chi connectivity index (χ1) is 15.3. The molecule has 1 aliphatic rings. The van der Waals surface area contributed by atoms with Crippen molar-refractivity contribution in [2.24, 2.45) is 0 Å². The third-order valence-electron chi connectivity index (χ3n) is 5.93. The molecule has 0 N–H and O–H groups in total. The van der Waals surface area contributed by atoms with Gasteiger partial charge >= 0.3 is 5.97 Å². The lowest BCUT2D eigenvalue weighted by Crippen LogP contribution is -2.12. The molecule has 4 heteroatoms. The molecule has 2 aromatic carbocycles. The number of methoxy groups -OCH3 is 2. The monoisotopic (exact) mass is 434 g/mol. The second-order valence-electron chi connectivity index (χ2n) is 9.36. The van der Waals surface area contributed by atoms with Gasteiger partial charge in [0.25, 0.3) is 0 Å². The zero-order chi connectivity index (χ0) is 23.1. The van der Waals surface area contributed by atoms with Crippen molar-refractivity contribution in [2.45, 2.75) is 70.3 Å². The maximum absolute atomic E-state index is 12.1. The number of carbonyl (C=O) groups is 1. The highest BCUT2D eigenvalue weighted by atomic mass is 16.5. The normalized spacial score (nSPS) is 14.9. The number of ether oxygens (including phenoxy) is 3. The zero-order valence-corrected chi connectivity index (χ0v) is 19.9. The predicted molar refractivity (Wildman–Crippen MR) is 127 cm³/mol. The second-order valence-corrected chi connectivity index (χ2v) is 9.36. The molecule has 3 rings (SSSR count). The van der Waals surface area contributed by atoms with Crippen LogP contribution in [0.25, 0.3) is 0 Å². The van der Waals surface area contributed by atoms with E-state index in [0.717, 1.165) is 24.0 Å². The summed E-state index contributed by atoms with van der Waals surface area (Å²) in [6.45, 7) is 6.57. The lowest BCUT2D eigenvalue weighted by molar-refractivity contribution is -0.140. The maximum atomic E-state index is 12.1. The van der Waals surface area contributed by atoms with E-state index < -0.39 is 0 Å². The van der Waals surface area contributed by atoms with Crippen LogP contribution in [-0.4, -0.2) is 26.3 Å². The second kappa shape index (κ2) is 10.6. The predicted octanol–water partition coefficient (Wildman–Crippen LogP) is 6.01. The largest absolute Gasteiger partial charge is 0.493 e. The highest BCUT2D eigenvalue weighted by molar-refractivity contribution is 5.71. The molecule has 0 amide bonds. The van der Waals surface area contributed by atoms with Gasteiger partial charge in [-0.15, -0.1) is 0 Å². The molecule has 170 valence electrons. The summed E-state index contributed by atoms with van der Waals surface area (Å²) in [6, 6.07) is 14.1. The molecule has 1 unspecified atom stereocenters. The number of hydrogen-bond donors (Lipinski definition) is 0. The molecule has 0 aromatic heterocycles. The van der Waals surface area contributed by atoms with Gasteiger partial charge in [0.2, 0.25) is 0 Å². The Morgan fingerprint density at radius 3 is 2.31 bits per heavy atom. The van der Waals surface area contributed by atoms with Crippen LogP contribution in [0.3, 0.4) is 0 Å². The Balaban J connectivity index is 1.89. The highest BCUT2D eigenvalue weighted by Gasteiger charge is 2.21. The van der Waals surface area contributed by atoms with Gasteiger partial charge in [0.05, 0.1) is 32.7 Å². The molecule has 0 aliphatic heterocycles. The van der Waals surface area contributed by atoms with Crippen LogP contribution >= 0.6 is 0 Å². The van der Waals surface area contributed by atoms with Crippen molar-refractivity contribution in [3.05, 3.63) is 59.2 Å². The Kier molecular flexibility index (Phi) is 7.85. The van der Waals surface area contributed by atoms with Crippen molar-refractivity contribution in [2.75, 3.05) is 14.2 Å². The minimum Gasteiger partial charge on any atom is -0.493 e. The average molecular weight is 435 g/mol. The molecule has 1 atom stereocenters. The molecule has 0 spiro atoms. The van der Waals surface area contributed by atoms with Crippen molar-refractivity contribution in [3.8, 4) is 23.3 Å². The summed E-state index contributed by atoms with van der Waals surface area (Å²) in [4.78, 5) is 12.1. The number of rotatable bonds is 6. The van der Waals surface area contributed by atoms with Gasteiger partial charge < -0.3 is 14.2 Å². The lowest BCUT2D eigenvalue weighted by Gasteiger charge is -2.19. The first-order valence-electron chi connectivity index (χ1n) is 11.3. The summed E-state index contributed by atoms with van der Waals surface area (Å²) in [7, 11) is 3.05. The van der Waals surface area contributed by atoms with Gasteiger partial charge in [0, 0.05) is 5.56 Å². The fraction of sp³-hybridized carbons (Fsp3) is 0.464. The van der Waals surface area contributed by atoms with Crippen LogP contribution in [0.5, 0.6) is 11.5 Å². The third kappa shape index (κ3) is 6.29. The zero-order valence-electron chi connectivity index (χ0n) is 19.9. The summed E-state index contributed by atoms with van der Waals surface area (Å²) < 4.78 is 16.7. The number of hydrogen-bond acceptors (Lipinski definition) is 4. The van der Waals surface area contributed by atoms with Crippen molar-refractivity contribution < 1.29 is 19.0 Å². The van der Waals surface area contributed by atoms with E-state index in [1.165, 1.54) is 25.5 Å².